The SMILES string of the molecule is Cc1cc(C#N)ccc1Nc1cc(F)ccc1F. The summed E-state index contributed by atoms with van der Waals surface area (Å²) in [6.07, 6.45) is 0. The fraction of sp³-hybridized carbons (Fsp3) is 0.0714. The Bertz CT molecular complexity index is 630. The molecule has 0 aromatic heterocycles. The Morgan fingerprint density at radius 2 is 1.83 bits per heavy atom. The van der Waals surface area contributed by atoms with Gasteiger partial charge >= 0.3 is 0 Å². The van der Waals surface area contributed by atoms with Crippen molar-refractivity contribution in [3.05, 3.63) is 59.2 Å². The minimum absolute atomic E-state index is 0.0720. The van der Waals surface area contributed by atoms with Crippen LogP contribution in [0.1, 0.15) is 11.1 Å². The number of hydrogen-bond donors (Lipinski definition) is 1. The molecule has 2 aromatic rings. The zero-order chi connectivity index (χ0) is 13.1. The summed E-state index contributed by atoms with van der Waals surface area (Å²) in [7, 11) is 0. The number of nitrogens with zero attached hydrogens (tertiary/aromatic N) is 1. The molecule has 0 saturated heterocycles. The van der Waals surface area contributed by atoms with E-state index in [9.17, 15) is 8.78 Å². The van der Waals surface area contributed by atoms with Gasteiger partial charge in [-0.3, -0.25) is 0 Å². The molecule has 0 bridgehead atoms. The second-order valence-corrected chi connectivity index (χ2v) is 3.89. The molecule has 2 aromatic carbocycles. The van der Waals surface area contributed by atoms with Crippen LogP contribution in [0, 0.1) is 29.9 Å². The van der Waals surface area contributed by atoms with Crippen LogP contribution in [0.2, 0.25) is 0 Å². The molecule has 0 atom stereocenters. The van der Waals surface area contributed by atoms with Crippen LogP contribution in [0.3, 0.4) is 0 Å². The Morgan fingerprint density at radius 1 is 1.06 bits per heavy atom. The lowest BCUT2D eigenvalue weighted by Gasteiger charge is -2.10. The summed E-state index contributed by atoms with van der Waals surface area (Å²) in [4.78, 5) is 0. The average Bonchev–Trinajstić information content (AvgIpc) is 2.36. The second kappa shape index (κ2) is 4.84. The van der Waals surface area contributed by atoms with Crippen LogP contribution in [-0.2, 0) is 0 Å². The van der Waals surface area contributed by atoms with E-state index in [1.54, 1.807) is 25.1 Å². The minimum Gasteiger partial charge on any atom is -0.353 e. The number of aryl methyl sites for hydroxylation is 1. The van der Waals surface area contributed by atoms with Gasteiger partial charge in [0.15, 0.2) is 0 Å². The van der Waals surface area contributed by atoms with Gasteiger partial charge in [-0.15, -0.1) is 0 Å². The largest absolute Gasteiger partial charge is 0.353 e. The van der Waals surface area contributed by atoms with E-state index in [-0.39, 0.29) is 5.69 Å². The number of anilines is 2. The van der Waals surface area contributed by atoms with Crippen molar-refractivity contribution >= 4 is 11.4 Å². The van der Waals surface area contributed by atoms with Crippen LogP contribution in [0.25, 0.3) is 0 Å². The Labute approximate surface area is 103 Å². The fourth-order valence-electron chi connectivity index (χ4n) is 1.61. The maximum Gasteiger partial charge on any atom is 0.146 e. The van der Waals surface area contributed by atoms with Crippen LogP contribution in [0.15, 0.2) is 36.4 Å². The molecule has 0 unspecified atom stereocenters. The van der Waals surface area contributed by atoms with Gasteiger partial charge in [0, 0.05) is 11.8 Å². The number of rotatable bonds is 2. The molecule has 1 N–H and O–H groups in total. The smallest absolute Gasteiger partial charge is 0.146 e. The topological polar surface area (TPSA) is 35.8 Å². The molecule has 4 heteroatoms. The second-order valence-electron chi connectivity index (χ2n) is 3.89. The number of nitriles is 1. The fourth-order valence-corrected chi connectivity index (χ4v) is 1.61. The van der Waals surface area contributed by atoms with Gasteiger partial charge in [0.1, 0.15) is 11.6 Å². The number of halogens is 2. The molecule has 2 nitrogen and oxygen atoms in total. The summed E-state index contributed by atoms with van der Waals surface area (Å²) in [5, 5.41) is 11.6. The van der Waals surface area contributed by atoms with E-state index in [1.165, 1.54) is 0 Å². The van der Waals surface area contributed by atoms with E-state index in [1.807, 2.05) is 6.07 Å². The van der Waals surface area contributed by atoms with Gasteiger partial charge in [-0.25, -0.2) is 8.78 Å². The highest BCUT2D eigenvalue weighted by Gasteiger charge is 2.06. The molecule has 0 heterocycles. The Morgan fingerprint density at radius 3 is 2.50 bits per heavy atom. The minimum atomic E-state index is -0.528. The van der Waals surface area contributed by atoms with Gasteiger partial charge in [-0.1, -0.05) is 0 Å². The zero-order valence-electron chi connectivity index (χ0n) is 9.67. The van der Waals surface area contributed by atoms with Crippen molar-refractivity contribution in [2.45, 2.75) is 6.92 Å². The van der Waals surface area contributed by atoms with Crippen molar-refractivity contribution in [1.29, 1.82) is 5.26 Å². The molecule has 0 amide bonds. The summed E-state index contributed by atoms with van der Waals surface area (Å²) in [5.41, 5.74) is 2.02. The molecule has 0 spiro atoms. The highest BCUT2D eigenvalue weighted by Crippen LogP contribution is 2.24. The standard InChI is InChI=1S/C14H10F2N2/c1-9-6-10(8-17)2-5-13(9)18-14-7-11(15)3-4-12(14)16/h2-7,18H,1H3. The predicted octanol–water partition coefficient (Wildman–Crippen LogP) is 3.89. The van der Waals surface area contributed by atoms with E-state index >= 15 is 0 Å². The third-order valence-corrected chi connectivity index (χ3v) is 2.55. The first kappa shape index (κ1) is 12.1. The first-order valence-corrected chi connectivity index (χ1v) is 5.33. The summed E-state index contributed by atoms with van der Waals surface area (Å²) >= 11 is 0. The van der Waals surface area contributed by atoms with Gasteiger partial charge in [0.2, 0.25) is 0 Å². The first-order chi connectivity index (χ1) is 8.60. The Hall–Kier alpha value is -2.41. The van der Waals surface area contributed by atoms with Crippen LogP contribution in [0.4, 0.5) is 20.2 Å². The summed E-state index contributed by atoms with van der Waals surface area (Å²) < 4.78 is 26.5. The van der Waals surface area contributed by atoms with E-state index in [2.05, 4.69) is 5.32 Å². The molecular formula is C14H10F2N2. The lowest BCUT2D eigenvalue weighted by molar-refractivity contribution is 0.603. The van der Waals surface area contributed by atoms with E-state index < -0.39 is 11.6 Å². The Balaban J connectivity index is 2.34. The lowest BCUT2D eigenvalue weighted by Crippen LogP contribution is -1.97. The quantitative estimate of drug-likeness (QED) is 0.869. The average molecular weight is 244 g/mol. The molecule has 90 valence electrons. The summed E-state index contributed by atoms with van der Waals surface area (Å²) in [6, 6.07) is 10.2. The molecule has 18 heavy (non-hydrogen) atoms. The third kappa shape index (κ3) is 2.46. The molecular weight excluding hydrogens is 234 g/mol. The third-order valence-electron chi connectivity index (χ3n) is 2.55. The molecule has 0 radical (unpaired) electrons. The van der Waals surface area contributed by atoms with Crippen LogP contribution in [-0.4, -0.2) is 0 Å². The molecule has 0 aliphatic heterocycles. The Kier molecular flexibility index (Phi) is 3.24. The van der Waals surface area contributed by atoms with Crippen LogP contribution >= 0.6 is 0 Å². The predicted molar refractivity (Wildman–Crippen MR) is 65.5 cm³/mol. The van der Waals surface area contributed by atoms with Crippen molar-refractivity contribution in [1.82, 2.24) is 0 Å². The number of nitrogens with one attached hydrogen (secondary N) is 1. The van der Waals surface area contributed by atoms with Crippen molar-refractivity contribution in [3.63, 3.8) is 0 Å². The molecule has 0 aliphatic carbocycles. The number of benzene rings is 2. The molecule has 2 rings (SSSR count). The van der Waals surface area contributed by atoms with Crippen LogP contribution in [0.5, 0.6) is 0 Å². The molecule has 0 aliphatic rings. The summed E-state index contributed by atoms with van der Waals surface area (Å²) in [6.45, 7) is 1.79. The van der Waals surface area contributed by atoms with Crippen molar-refractivity contribution < 1.29 is 8.78 Å². The monoisotopic (exact) mass is 244 g/mol. The van der Waals surface area contributed by atoms with Crippen molar-refractivity contribution in [3.8, 4) is 6.07 Å². The van der Waals surface area contributed by atoms with Gasteiger partial charge in [0.05, 0.1) is 17.3 Å². The van der Waals surface area contributed by atoms with E-state index in [4.69, 9.17) is 5.26 Å². The number of hydrogen-bond acceptors (Lipinski definition) is 2. The zero-order valence-corrected chi connectivity index (χ0v) is 9.67. The first-order valence-electron chi connectivity index (χ1n) is 5.33. The lowest BCUT2D eigenvalue weighted by atomic mass is 10.1. The van der Waals surface area contributed by atoms with Crippen molar-refractivity contribution in [2.24, 2.45) is 0 Å². The highest BCUT2D eigenvalue weighted by atomic mass is 19.1. The maximum atomic E-state index is 13.5. The van der Waals surface area contributed by atoms with E-state index in [0.29, 0.717) is 11.3 Å². The van der Waals surface area contributed by atoms with Gasteiger partial charge in [-0.2, -0.15) is 5.26 Å². The molecule has 0 saturated carbocycles. The van der Waals surface area contributed by atoms with E-state index in [0.717, 1.165) is 23.8 Å². The molecule has 0 fully saturated rings. The van der Waals surface area contributed by atoms with Gasteiger partial charge < -0.3 is 5.32 Å². The summed E-state index contributed by atoms with van der Waals surface area (Å²) in [5.74, 6) is -1.04. The normalized spacial score (nSPS) is 9.89. The van der Waals surface area contributed by atoms with Gasteiger partial charge in [0.25, 0.3) is 0 Å². The van der Waals surface area contributed by atoms with Crippen molar-refractivity contribution in [2.75, 3.05) is 5.32 Å². The van der Waals surface area contributed by atoms with Crippen LogP contribution < -0.4 is 5.32 Å². The van der Waals surface area contributed by atoms with Gasteiger partial charge in [-0.05, 0) is 42.8 Å². The maximum absolute atomic E-state index is 13.5. The highest BCUT2D eigenvalue weighted by molar-refractivity contribution is 5.64.